The number of imidazole rings is 1. The zero-order valence-electron chi connectivity index (χ0n) is 41.5. The van der Waals surface area contributed by atoms with Crippen LogP contribution < -0.4 is 27.6 Å². The van der Waals surface area contributed by atoms with Gasteiger partial charge in [0.1, 0.15) is 61.0 Å². The minimum Gasteiger partial charge on any atom is -0.459 e. The van der Waals surface area contributed by atoms with Crippen LogP contribution in [0, 0.1) is 6.92 Å². The molecule has 2 aromatic carbocycles. The Labute approximate surface area is 443 Å². The Bertz CT molecular complexity index is 3300. The van der Waals surface area contributed by atoms with Crippen LogP contribution in [0.5, 0.6) is 0 Å². The van der Waals surface area contributed by atoms with Gasteiger partial charge in [0, 0.05) is 54.8 Å². The van der Waals surface area contributed by atoms with E-state index in [1.165, 1.54) is 45.0 Å². The van der Waals surface area contributed by atoms with Gasteiger partial charge in [-0.05, 0) is 44.2 Å². The fourth-order valence-corrected chi connectivity index (χ4v) is 10.3. The molecule has 0 saturated carbocycles. The summed E-state index contributed by atoms with van der Waals surface area (Å²) < 4.78 is 51.4. The Balaban J connectivity index is 0.880. The number of ether oxygens (including phenoxy) is 4. The molecule has 3 fully saturated rings. The van der Waals surface area contributed by atoms with Gasteiger partial charge in [-0.1, -0.05) is 36.4 Å². The lowest BCUT2D eigenvalue weighted by Crippen LogP contribution is -2.33. The molecule has 3 aliphatic rings. The largest absolute Gasteiger partial charge is 0.459 e. The van der Waals surface area contributed by atoms with Crippen LogP contribution in [0.1, 0.15) is 84.0 Å². The summed E-state index contributed by atoms with van der Waals surface area (Å²) in [5.74, 6) is -1.77. The quantitative estimate of drug-likeness (QED) is 0.0420. The second-order valence-electron chi connectivity index (χ2n) is 18.0. The molecule has 78 heavy (non-hydrogen) atoms. The number of esters is 1. The zero-order valence-corrected chi connectivity index (χ0v) is 43.3. The molecule has 0 radical (unpaired) electrons. The number of hydrogen-bond acceptors (Lipinski definition) is 22. The van der Waals surface area contributed by atoms with Crippen molar-refractivity contribution in [2.75, 3.05) is 30.5 Å². The van der Waals surface area contributed by atoms with Crippen molar-refractivity contribution in [3.05, 3.63) is 140 Å². The lowest BCUT2D eigenvalue weighted by molar-refractivity contribution is -0.153. The molecular weight excluding hydrogens is 1070 g/mol. The molecule has 2 amide bonds. The zero-order chi connectivity index (χ0) is 55.0. The number of rotatable bonds is 22. The van der Waals surface area contributed by atoms with E-state index in [0.717, 1.165) is 9.13 Å². The van der Waals surface area contributed by atoms with Crippen molar-refractivity contribution in [2.45, 2.75) is 101 Å². The molecule has 3 saturated heterocycles. The number of carbonyl (C=O) groups is 4. The molecule has 9 rings (SSSR count). The number of nitrogens with zero attached hydrogens (tertiary/aromatic N) is 7. The van der Waals surface area contributed by atoms with Gasteiger partial charge >= 0.3 is 34.6 Å². The number of Topliss-reactive ketones (excluding diaryl/α,β-unsaturated/α-hetero) is 1. The maximum atomic E-state index is 13.1. The number of aliphatic hydroxyl groups excluding tert-OH is 1. The third-order valence-corrected chi connectivity index (χ3v) is 14.3. The number of aromatic amines is 1. The highest BCUT2D eigenvalue weighted by Gasteiger charge is 2.44. The standard InChI is InChI=1S/C48H52N10O18P2/c1-26-20-57(48(66)55-44(26)62)38-17-30(74-40(61)14-13-27(2)60)34(72-38)22-69-78(68)76-32-19-39(58-25-51-41-42(49-24-50-43(41)58)54-46(64)29-11-7-4-8-12-29)73-35(32)23-70-77(67)75-31-18-37(71-33(31)21-59)56-16-15-36(53-47(56)65)52-45(63)28-9-5-3-6-10-28/h3-12,15-16,20,24-25,30-35,37-39,59,67-68H,13-14,17-19,21-23H2,1-2H3,(H,55,62,66)(H,49,50,54,64)(H,52,53,63,65)/t30-,31-,32-,33+,34+,35+,37+,38+,39+,77?,78?/m0/s1. The molecule has 4 aromatic heterocycles. The van der Waals surface area contributed by atoms with E-state index in [-0.39, 0.29) is 66.3 Å². The van der Waals surface area contributed by atoms with E-state index in [1.807, 2.05) is 0 Å². The van der Waals surface area contributed by atoms with E-state index in [9.17, 15) is 48.5 Å². The first-order chi connectivity index (χ1) is 37.6. The highest BCUT2D eigenvalue weighted by atomic mass is 31.2. The molecule has 30 heteroatoms. The van der Waals surface area contributed by atoms with Gasteiger partial charge in [-0.15, -0.1) is 0 Å². The van der Waals surface area contributed by atoms with Crippen molar-refractivity contribution < 1.29 is 71.1 Å². The summed E-state index contributed by atoms with van der Waals surface area (Å²) in [7, 11) is -5.58. The predicted molar refractivity (Wildman–Crippen MR) is 271 cm³/mol. The molecule has 7 heterocycles. The van der Waals surface area contributed by atoms with Gasteiger partial charge in [-0.25, -0.2) is 24.5 Å². The van der Waals surface area contributed by atoms with Crippen molar-refractivity contribution in [1.29, 1.82) is 0 Å². The van der Waals surface area contributed by atoms with Crippen molar-refractivity contribution in [1.82, 2.24) is 38.6 Å². The number of ketones is 1. The minimum absolute atomic E-state index is 0.00342. The highest BCUT2D eigenvalue weighted by Crippen LogP contribution is 2.46. The third-order valence-electron chi connectivity index (χ3n) is 12.6. The van der Waals surface area contributed by atoms with Crippen molar-refractivity contribution in [2.24, 2.45) is 0 Å². The van der Waals surface area contributed by atoms with Crippen LogP contribution in [0.4, 0.5) is 11.6 Å². The molecule has 0 spiro atoms. The van der Waals surface area contributed by atoms with Gasteiger partial charge < -0.3 is 67.4 Å². The Morgan fingerprint density at radius 2 is 1.31 bits per heavy atom. The van der Waals surface area contributed by atoms with Crippen molar-refractivity contribution in [3.8, 4) is 0 Å². The second kappa shape index (κ2) is 25.3. The smallest absolute Gasteiger partial charge is 0.351 e. The fraction of sp³-hybridized carbons (Fsp3) is 0.396. The number of carbonyl (C=O) groups excluding carboxylic acids is 4. The van der Waals surface area contributed by atoms with Crippen molar-refractivity contribution in [3.63, 3.8) is 0 Å². The number of anilines is 2. The van der Waals surface area contributed by atoms with Crippen LogP contribution in [0.15, 0.2) is 106 Å². The van der Waals surface area contributed by atoms with Gasteiger partial charge in [0.05, 0.1) is 44.8 Å². The van der Waals surface area contributed by atoms with Gasteiger partial charge in [-0.3, -0.25) is 37.9 Å². The first-order valence-corrected chi connectivity index (χ1v) is 26.5. The lowest BCUT2D eigenvalue weighted by atomic mass is 10.1. The maximum absolute atomic E-state index is 13.1. The van der Waals surface area contributed by atoms with Crippen LogP contribution in [0.25, 0.3) is 11.2 Å². The molecule has 28 nitrogen and oxygen atoms in total. The third kappa shape index (κ3) is 13.5. The van der Waals surface area contributed by atoms with Crippen molar-refractivity contribution >= 4 is 63.6 Å². The summed E-state index contributed by atoms with van der Waals surface area (Å²) in [6, 6.07) is 18.2. The number of H-pyrrole nitrogens is 1. The number of aliphatic hydroxyl groups is 1. The molecule has 11 atom stereocenters. The van der Waals surface area contributed by atoms with Gasteiger partial charge in [0.25, 0.3) is 17.4 Å². The number of aryl methyl sites for hydroxylation is 1. The van der Waals surface area contributed by atoms with Gasteiger partial charge in [0.15, 0.2) is 17.0 Å². The van der Waals surface area contributed by atoms with Crippen LogP contribution >= 0.6 is 17.2 Å². The van der Waals surface area contributed by atoms with Gasteiger partial charge in [-0.2, -0.15) is 4.98 Å². The monoisotopic (exact) mass is 1120 g/mol. The maximum Gasteiger partial charge on any atom is 0.351 e. The average molecular weight is 1120 g/mol. The molecule has 412 valence electrons. The van der Waals surface area contributed by atoms with E-state index >= 15 is 0 Å². The SMILES string of the molecule is CC(=O)CCC(=O)O[C@H]1C[C@H](n2cc(C)c(=O)[nH]c2=O)O[C@@H]1COP(O)O[C@H]1C[C@H](n2cnc3c(NC(=O)c4ccccc4)ncnc32)O[C@@H]1COP(O)O[C@H]1C[C@H](n2ccc(NC(=O)c3ccccc3)nc2=O)O[C@@H]1CO. The molecule has 0 aliphatic carbocycles. The summed E-state index contributed by atoms with van der Waals surface area (Å²) in [5, 5.41) is 15.5. The molecule has 6 N–H and O–H groups in total. The summed E-state index contributed by atoms with van der Waals surface area (Å²) in [6.45, 7) is 1.38. The molecule has 0 bridgehead atoms. The van der Waals surface area contributed by atoms with Crippen LogP contribution in [-0.4, -0.2) is 134 Å². The lowest BCUT2D eigenvalue weighted by Gasteiger charge is -2.24. The Kier molecular flexibility index (Phi) is 18.1. The minimum atomic E-state index is -2.82. The van der Waals surface area contributed by atoms with E-state index in [1.54, 1.807) is 65.2 Å². The second-order valence-corrected chi connectivity index (χ2v) is 19.9. The summed E-state index contributed by atoms with van der Waals surface area (Å²) in [4.78, 5) is 130. The fourth-order valence-electron chi connectivity index (χ4n) is 8.70. The Hall–Kier alpha value is -6.91. The van der Waals surface area contributed by atoms with Crippen LogP contribution in [-0.2, 0) is 46.6 Å². The number of aromatic nitrogens is 8. The highest BCUT2D eigenvalue weighted by molar-refractivity contribution is 7.40. The Morgan fingerprint density at radius 3 is 1.94 bits per heavy atom. The van der Waals surface area contributed by atoms with Gasteiger partial charge in [0.2, 0.25) is 0 Å². The number of benzene rings is 2. The normalized spacial score (nSPS) is 23.7. The number of fused-ring (bicyclic) bond motifs is 1. The Morgan fingerprint density at radius 1 is 0.731 bits per heavy atom. The molecule has 3 aliphatic heterocycles. The van der Waals surface area contributed by atoms with E-state index in [4.69, 9.17) is 37.0 Å². The van der Waals surface area contributed by atoms with Crippen LogP contribution in [0.2, 0.25) is 0 Å². The van der Waals surface area contributed by atoms with E-state index in [2.05, 4.69) is 35.6 Å². The van der Waals surface area contributed by atoms with Crippen LogP contribution in [0.3, 0.4) is 0 Å². The number of hydrogen-bond donors (Lipinski definition) is 6. The first-order valence-electron chi connectivity index (χ1n) is 24.3. The topological polar surface area (TPSA) is 360 Å². The first kappa shape index (κ1) is 55.8. The summed E-state index contributed by atoms with van der Waals surface area (Å²) >= 11 is 0. The predicted octanol–water partition coefficient (Wildman–Crippen LogP) is 2.82. The molecule has 2 unspecified atom stereocenters. The molecule has 6 aromatic rings. The number of amides is 2. The average Bonchev–Trinajstić information content (AvgIpc) is 4.31. The van der Waals surface area contributed by atoms with E-state index < -0.39 is 127 Å². The molecular formula is C48H52N10O18P2. The number of nitrogens with one attached hydrogen (secondary N) is 3. The van der Waals surface area contributed by atoms with E-state index in [0.29, 0.717) is 11.1 Å². The summed E-state index contributed by atoms with van der Waals surface area (Å²) in [5.41, 5.74) is -0.755. The summed E-state index contributed by atoms with van der Waals surface area (Å²) in [6.07, 6.45) is -4.40.